The van der Waals surface area contributed by atoms with Crippen molar-refractivity contribution in [1.82, 2.24) is 4.57 Å². The van der Waals surface area contributed by atoms with Crippen molar-refractivity contribution in [3.05, 3.63) is 69.0 Å². The molecule has 1 spiro atoms. The van der Waals surface area contributed by atoms with Crippen molar-refractivity contribution < 1.29 is 23.8 Å². The molecular formula is C25H29N3O6. The molecule has 1 aromatic heterocycles. The fraction of sp³-hybridized carbons (Fsp3) is 0.400. The van der Waals surface area contributed by atoms with Crippen LogP contribution in [0, 0.1) is 12.8 Å². The maximum atomic E-state index is 14.4. The quantitative estimate of drug-likeness (QED) is 0.645. The predicted molar refractivity (Wildman–Crippen MR) is 126 cm³/mol. The predicted octanol–water partition coefficient (Wildman–Crippen LogP) is 1.83. The first-order valence-corrected chi connectivity index (χ1v) is 11.1. The third-order valence-corrected chi connectivity index (χ3v) is 6.31. The molecule has 3 heterocycles. The number of hydrogen-bond donors (Lipinski definition) is 1. The molecule has 2 N–H and O–H groups in total. The number of nitrogens with two attached hydrogens (primary N) is 1. The molecule has 0 bridgehead atoms. The van der Waals surface area contributed by atoms with Gasteiger partial charge in [0.15, 0.2) is 0 Å². The summed E-state index contributed by atoms with van der Waals surface area (Å²) in [6, 6.07) is 8.80. The molecule has 0 saturated heterocycles. The van der Waals surface area contributed by atoms with Gasteiger partial charge in [-0.25, -0.2) is 4.79 Å². The Morgan fingerprint density at radius 2 is 1.91 bits per heavy atom. The zero-order chi connectivity index (χ0) is 24.8. The van der Waals surface area contributed by atoms with Crippen molar-refractivity contribution in [2.75, 3.05) is 32.3 Å². The largest absolute Gasteiger partial charge is 0.465 e. The molecule has 0 aliphatic carbocycles. The molecule has 9 heteroatoms. The van der Waals surface area contributed by atoms with E-state index in [-0.39, 0.29) is 35.2 Å². The number of ether oxygens (including phenoxy) is 3. The van der Waals surface area contributed by atoms with Gasteiger partial charge in [0.2, 0.25) is 11.8 Å². The molecule has 2 aromatic rings. The molecule has 2 aliphatic heterocycles. The number of para-hydroxylation sites is 1. The molecule has 1 amide bonds. The third kappa shape index (κ3) is 3.22. The van der Waals surface area contributed by atoms with E-state index in [0.29, 0.717) is 30.1 Å². The Morgan fingerprint density at radius 1 is 1.21 bits per heavy atom. The lowest BCUT2D eigenvalue weighted by Gasteiger charge is -2.36. The number of esters is 1. The van der Waals surface area contributed by atoms with Crippen LogP contribution in [0.4, 0.5) is 5.69 Å². The third-order valence-electron chi connectivity index (χ3n) is 6.31. The second-order valence-electron chi connectivity index (χ2n) is 8.88. The summed E-state index contributed by atoms with van der Waals surface area (Å²) < 4.78 is 17.5. The van der Waals surface area contributed by atoms with Crippen molar-refractivity contribution in [1.29, 1.82) is 0 Å². The normalized spacial score (nSPS) is 18.9. The van der Waals surface area contributed by atoms with E-state index < -0.39 is 22.9 Å². The first-order valence-electron chi connectivity index (χ1n) is 11.1. The van der Waals surface area contributed by atoms with Crippen LogP contribution in [-0.2, 0) is 31.0 Å². The van der Waals surface area contributed by atoms with E-state index in [9.17, 15) is 14.4 Å². The number of carbonyl (C=O) groups excluding carboxylic acids is 2. The summed E-state index contributed by atoms with van der Waals surface area (Å²) in [4.78, 5) is 43.1. The summed E-state index contributed by atoms with van der Waals surface area (Å²) >= 11 is 0. The number of amides is 1. The van der Waals surface area contributed by atoms with Gasteiger partial charge in [-0.05, 0) is 18.9 Å². The minimum absolute atomic E-state index is 0.0486. The van der Waals surface area contributed by atoms with Gasteiger partial charge < -0.3 is 29.4 Å². The lowest BCUT2D eigenvalue weighted by Crippen LogP contribution is -2.52. The number of hydrogen-bond acceptors (Lipinski definition) is 7. The number of rotatable bonds is 6. The van der Waals surface area contributed by atoms with Gasteiger partial charge in [0.05, 0.1) is 19.3 Å². The Kier molecular flexibility index (Phi) is 5.99. The minimum Gasteiger partial charge on any atom is -0.465 e. The fourth-order valence-corrected chi connectivity index (χ4v) is 4.94. The Morgan fingerprint density at radius 3 is 2.56 bits per heavy atom. The van der Waals surface area contributed by atoms with Gasteiger partial charge in [-0.15, -0.1) is 0 Å². The number of anilines is 1. The molecule has 34 heavy (non-hydrogen) atoms. The van der Waals surface area contributed by atoms with Crippen LogP contribution in [0.5, 0.6) is 5.75 Å². The Labute approximate surface area is 197 Å². The average molecular weight is 468 g/mol. The number of fused-ring (bicyclic) bond motifs is 4. The zero-order valence-electron chi connectivity index (χ0n) is 20.0. The van der Waals surface area contributed by atoms with Gasteiger partial charge in [-0.3, -0.25) is 9.59 Å². The minimum atomic E-state index is -1.80. The lowest BCUT2D eigenvalue weighted by atomic mass is 9.68. The smallest absolute Gasteiger partial charge is 0.340 e. The molecule has 0 radical (unpaired) electrons. The number of pyridine rings is 1. The first-order chi connectivity index (χ1) is 16.2. The van der Waals surface area contributed by atoms with Gasteiger partial charge in [0.25, 0.3) is 5.56 Å². The number of methoxy groups -OCH3 is 2. The molecule has 1 unspecified atom stereocenters. The highest BCUT2D eigenvalue weighted by Gasteiger charge is 2.62. The van der Waals surface area contributed by atoms with E-state index in [0.717, 1.165) is 0 Å². The molecule has 2 aliphatic rings. The van der Waals surface area contributed by atoms with Gasteiger partial charge in [-0.1, -0.05) is 32.0 Å². The van der Waals surface area contributed by atoms with Crippen LogP contribution in [0.1, 0.15) is 30.7 Å². The highest BCUT2D eigenvalue weighted by molar-refractivity contribution is 6.18. The molecule has 0 fully saturated rings. The highest BCUT2D eigenvalue weighted by atomic mass is 16.5. The van der Waals surface area contributed by atoms with Crippen LogP contribution < -0.4 is 20.9 Å². The van der Waals surface area contributed by atoms with Crippen molar-refractivity contribution in [2.45, 2.75) is 32.7 Å². The van der Waals surface area contributed by atoms with E-state index in [4.69, 9.17) is 19.9 Å². The summed E-state index contributed by atoms with van der Waals surface area (Å²) in [7, 11) is 2.75. The molecule has 4 rings (SSSR count). The van der Waals surface area contributed by atoms with Crippen LogP contribution in [0.15, 0.2) is 46.6 Å². The Hall–Kier alpha value is -3.59. The number of nitrogens with zero attached hydrogens (tertiary/aromatic N) is 2. The molecule has 1 atom stereocenters. The second-order valence-corrected chi connectivity index (χ2v) is 8.88. The number of carbonyl (C=O) groups is 2. The van der Waals surface area contributed by atoms with Crippen molar-refractivity contribution >= 4 is 17.6 Å². The van der Waals surface area contributed by atoms with Crippen LogP contribution >= 0.6 is 0 Å². The van der Waals surface area contributed by atoms with Gasteiger partial charge in [0.1, 0.15) is 16.7 Å². The summed E-state index contributed by atoms with van der Waals surface area (Å²) in [5.74, 6) is -1.25. The molecular weight excluding hydrogens is 438 g/mol. The van der Waals surface area contributed by atoms with Gasteiger partial charge in [-0.2, -0.15) is 0 Å². The van der Waals surface area contributed by atoms with Crippen molar-refractivity contribution in [3.8, 4) is 5.75 Å². The molecule has 0 saturated carbocycles. The second kappa shape index (κ2) is 8.64. The Balaban J connectivity index is 2.15. The van der Waals surface area contributed by atoms with Gasteiger partial charge in [0, 0.05) is 43.2 Å². The molecule has 1 aromatic carbocycles. The van der Waals surface area contributed by atoms with Crippen molar-refractivity contribution in [2.24, 2.45) is 11.7 Å². The zero-order valence-corrected chi connectivity index (χ0v) is 20.0. The van der Waals surface area contributed by atoms with E-state index in [1.54, 1.807) is 37.1 Å². The number of aryl methyl sites for hydroxylation is 1. The van der Waals surface area contributed by atoms with Crippen LogP contribution in [-0.4, -0.2) is 43.8 Å². The monoisotopic (exact) mass is 467 g/mol. The fourth-order valence-electron chi connectivity index (χ4n) is 4.94. The maximum Gasteiger partial charge on any atom is 0.340 e. The van der Waals surface area contributed by atoms with Crippen molar-refractivity contribution in [3.63, 3.8) is 0 Å². The van der Waals surface area contributed by atoms with Crippen LogP contribution in [0.3, 0.4) is 0 Å². The maximum absolute atomic E-state index is 14.4. The summed E-state index contributed by atoms with van der Waals surface area (Å²) in [6.07, 6.45) is 0. The summed E-state index contributed by atoms with van der Waals surface area (Å²) in [5, 5.41) is 0. The highest BCUT2D eigenvalue weighted by Crippen LogP contribution is 2.54. The van der Waals surface area contributed by atoms with E-state index in [1.807, 2.05) is 26.0 Å². The van der Waals surface area contributed by atoms with E-state index in [1.165, 1.54) is 11.7 Å². The standard InChI is InChI=1S/C25H29N3O6/c1-14(2)13-28-17-9-7-6-8-16(17)25(24(28)31)19-18(34-21(26)20(25)23(30)33-5)12-15(3)27(22(19)29)10-11-32-4/h6-9,12,14H,10-11,13,26H2,1-5H3. The van der Waals surface area contributed by atoms with Crippen LogP contribution in [0.25, 0.3) is 0 Å². The lowest BCUT2D eigenvalue weighted by molar-refractivity contribution is -0.138. The molecule has 180 valence electrons. The number of aromatic nitrogens is 1. The van der Waals surface area contributed by atoms with E-state index in [2.05, 4.69) is 0 Å². The topological polar surface area (TPSA) is 113 Å². The summed E-state index contributed by atoms with van der Waals surface area (Å²) in [6.45, 7) is 6.70. The van der Waals surface area contributed by atoms with Gasteiger partial charge >= 0.3 is 5.97 Å². The Bertz CT molecular complexity index is 1260. The van der Waals surface area contributed by atoms with E-state index >= 15 is 0 Å². The first kappa shape index (κ1) is 23.6. The number of benzene rings is 1. The average Bonchev–Trinajstić information content (AvgIpc) is 3.01. The van der Waals surface area contributed by atoms with Crippen LogP contribution in [0.2, 0.25) is 0 Å². The molecule has 9 nitrogen and oxygen atoms in total. The SMILES string of the molecule is COCCn1c(C)cc2c(c1=O)C1(C(=O)N(CC(C)C)c3ccccc31)C(C(=O)OC)=C(N)O2. The summed E-state index contributed by atoms with van der Waals surface area (Å²) in [5.41, 5.74) is 5.61.